The molecule has 2 heterocycles. The van der Waals surface area contributed by atoms with E-state index >= 15 is 0 Å². The molecule has 0 saturated heterocycles. The molecule has 6 nitrogen and oxygen atoms in total. The zero-order valence-electron chi connectivity index (χ0n) is 14.4. The van der Waals surface area contributed by atoms with Crippen LogP contribution in [0.1, 0.15) is 34.0 Å². The van der Waals surface area contributed by atoms with Gasteiger partial charge in [0.25, 0.3) is 5.91 Å². The Labute approximate surface area is 157 Å². The highest BCUT2D eigenvalue weighted by Gasteiger charge is 2.21. The molecule has 0 saturated carbocycles. The minimum Gasteiger partial charge on any atom is -0.317 e. The van der Waals surface area contributed by atoms with Crippen LogP contribution >= 0.6 is 11.6 Å². The number of nitrogens with zero attached hydrogens (tertiary/aromatic N) is 4. The minimum atomic E-state index is -2.94. The molecule has 3 rings (SSSR count). The molecule has 10 heteroatoms. The zero-order valence-corrected chi connectivity index (χ0v) is 15.1. The number of hydrogen-bond donors (Lipinski definition) is 1. The lowest BCUT2D eigenvalue weighted by atomic mass is 10.2. The highest BCUT2D eigenvalue weighted by Crippen LogP contribution is 2.25. The first-order valence-corrected chi connectivity index (χ1v) is 8.27. The van der Waals surface area contributed by atoms with Crippen molar-refractivity contribution in [3.8, 4) is 0 Å². The summed E-state index contributed by atoms with van der Waals surface area (Å²) >= 11 is 6.05. The summed E-state index contributed by atoms with van der Waals surface area (Å²) < 4.78 is 41.6. The van der Waals surface area contributed by atoms with E-state index in [0.29, 0.717) is 21.8 Å². The van der Waals surface area contributed by atoms with Crippen molar-refractivity contribution in [1.29, 1.82) is 0 Å². The van der Waals surface area contributed by atoms with Crippen LogP contribution < -0.4 is 5.32 Å². The molecule has 2 aromatic heterocycles. The van der Waals surface area contributed by atoms with Gasteiger partial charge in [0.1, 0.15) is 11.5 Å². The van der Waals surface area contributed by atoms with Gasteiger partial charge in [-0.05, 0) is 32.0 Å². The number of carbonyl (C=O) groups is 1. The molecule has 1 N–H and O–H groups in total. The summed E-state index contributed by atoms with van der Waals surface area (Å²) in [7, 11) is 0. The Bertz CT molecular complexity index is 978. The predicted molar refractivity (Wildman–Crippen MR) is 93.6 cm³/mol. The summed E-state index contributed by atoms with van der Waals surface area (Å²) in [4.78, 5) is 12.4. The normalized spacial score (nSPS) is 11.2. The van der Waals surface area contributed by atoms with Crippen LogP contribution in [0.5, 0.6) is 0 Å². The van der Waals surface area contributed by atoms with Crippen LogP contribution in [0.2, 0.25) is 5.02 Å². The van der Waals surface area contributed by atoms with Gasteiger partial charge in [0.05, 0.1) is 23.6 Å². The second kappa shape index (κ2) is 7.43. The minimum absolute atomic E-state index is 0.0585. The van der Waals surface area contributed by atoms with Crippen LogP contribution in [0, 0.1) is 19.7 Å². The Balaban J connectivity index is 1.88. The maximum absolute atomic E-state index is 14.0. The third kappa shape index (κ3) is 3.68. The van der Waals surface area contributed by atoms with E-state index in [0.717, 1.165) is 6.20 Å². The van der Waals surface area contributed by atoms with Gasteiger partial charge < -0.3 is 5.32 Å². The van der Waals surface area contributed by atoms with E-state index in [2.05, 4.69) is 15.5 Å². The average molecular weight is 398 g/mol. The molecular weight excluding hydrogens is 383 g/mol. The molecule has 0 aliphatic carbocycles. The van der Waals surface area contributed by atoms with E-state index in [9.17, 15) is 18.0 Å². The van der Waals surface area contributed by atoms with Gasteiger partial charge in [0, 0.05) is 16.8 Å². The molecule has 0 fully saturated rings. The van der Waals surface area contributed by atoms with Gasteiger partial charge in [-0.1, -0.05) is 17.7 Å². The summed E-state index contributed by atoms with van der Waals surface area (Å²) in [5, 5.41) is 10.5. The fraction of sp³-hybridized carbons (Fsp3) is 0.235. The molecule has 1 aromatic carbocycles. The third-order valence-corrected chi connectivity index (χ3v) is 4.43. The molecular formula is C17H15ClF3N5O. The highest BCUT2D eigenvalue weighted by atomic mass is 35.5. The lowest BCUT2D eigenvalue weighted by Gasteiger charge is -2.10. The summed E-state index contributed by atoms with van der Waals surface area (Å²) in [6, 6.07) is 5.55. The molecule has 3 aromatic rings. The van der Waals surface area contributed by atoms with Gasteiger partial charge in [-0.15, -0.1) is 0 Å². The number of rotatable bonds is 5. The second-order valence-electron chi connectivity index (χ2n) is 5.80. The maximum atomic E-state index is 14.0. The van der Waals surface area contributed by atoms with Crippen molar-refractivity contribution in [2.24, 2.45) is 0 Å². The SMILES string of the molecule is Cc1nn(Cc2c(F)cccc2Cl)c(C)c1NC(=O)c1ccnn1C(F)F. The van der Waals surface area contributed by atoms with Gasteiger partial charge >= 0.3 is 6.55 Å². The maximum Gasteiger partial charge on any atom is 0.333 e. The monoisotopic (exact) mass is 397 g/mol. The van der Waals surface area contributed by atoms with E-state index in [1.54, 1.807) is 19.9 Å². The van der Waals surface area contributed by atoms with Crippen LogP contribution in [0.25, 0.3) is 0 Å². The largest absolute Gasteiger partial charge is 0.333 e. The van der Waals surface area contributed by atoms with Crippen LogP contribution in [0.15, 0.2) is 30.5 Å². The Morgan fingerprint density at radius 3 is 2.70 bits per heavy atom. The van der Waals surface area contributed by atoms with Gasteiger partial charge in [-0.3, -0.25) is 9.48 Å². The van der Waals surface area contributed by atoms with Crippen LogP contribution in [-0.4, -0.2) is 25.5 Å². The molecule has 142 valence electrons. The Hall–Kier alpha value is -2.81. The molecule has 27 heavy (non-hydrogen) atoms. The van der Waals surface area contributed by atoms with E-state index in [1.807, 2.05) is 0 Å². The number of aromatic nitrogens is 4. The van der Waals surface area contributed by atoms with Crippen molar-refractivity contribution in [1.82, 2.24) is 19.6 Å². The van der Waals surface area contributed by atoms with Gasteiger partial charge in [-0.2, -0.15) is 23.7 Å². The van der Waals surface area contributed by atoms with Crippen LogP contribution in [0.4, 0.5) is 18.9 Å². The first-order chi connectivity index (χ1) is 12.8. The van der Waals surface area contributed by atoms with E-state index in [4.69, 9.17) is 11.6 Å². The van der Waals surface area contributed by atoms with Crippen molar-refractivity contribution in [2.45, 2.75) is 26.9 Å². The highest BCUT2D eigenvalue weighted by molar-refractivity contribution is 6.31. The van der Waals surface area contributed by atoms with Gasteiger partial charge in [0.2, 0.25) is 0 Å². The average Bonchev–Trinajstić information content (AvgIpc) is 3.19. The van der Waals surface area contributed by atoms with Crippen molar-refractivity contribution in [3.63, 3.8) is 0 Å². The van der Waals surface area contributed by atoms with Gasteiger partial charge in [-0.25, -0.2) is 4.39 Å². The molecule has 0 spiro atoms. The van der Waals surface area contributed by atoms with Crippen molar-refractivity contribution >= 4 is 23.2 Å². The summed E-state index contributed by atoms with van der Waals surface area (Å²) in [6.07, 6.45) is 1.12. The molecule has 0 aliphatic rings. The van der Waals surface area contributed by atoms with Crippen molar-refractivity contribution in [2.75, 3.05) is 5.32 Å². The molecule has 1 amide bonds. The Morgan fingerprint density at radius 2 is 2.04 bits per heavy atom. The number of hydrogen-bond acceptors (Lipinski definition) is 3. The fourth-order valence-corrected chi connectivity index (χ4v) is 2.91. The Kier molecular flexibility index (Phi) is 5.22. The van der Waals surface area contributed by atoms with Gasteiger partial charge in [0.15, 0.2) is 0 Å². The second-order valence-corrected chi connectivity index (χ2v) is 6.20. The van der Waals surface area contributed by atoms with Crippen LogP contribution in [0.3, 0.4) is 0 Å². The van der Waals surface area contributed by atoms with E-state index < -0.39 is 18.3 Å². The number of aryl methyl sites for hydroxylation is 1. The van der Waals surface area contributed by atoms with Crippen molar-refractivity contribution in [3.05, 3.63) is 63.9 Å². The molecule has 0 aliphatic heterocycles. The number of halogens is 4. The topological polar surface area (TPSA) is 64.7 Å². The molecule has 0 radical (unpaired) electrons. The summed E-state index contributed by atoms with van der Waals surface area (Å²) in [5.41, 5.74) is 1.32. The fourth-order valence-electron chi connectivity index (χ4n) is 2.69. The number of alkyl halides is 2. The standard InChI is InChI=1S/C17H15ClF3N5O/c1-9-15(23-16(27)14-6-7-22-26(14)17(20)21)10(2)25(24-9)8-11-12(18)4-3-5-13(11)19/h3-7,17H,8H2,1-2H3,(H,23,27). The number of anilines is 1. The molecule has 0 unspecified atom stereocenters. The Morgan fingerprint density at radius 1 is 1.30 bits per heavy atom. The third-order valence-electron chi connectivity index (χ3n) is 4.08. The first kappa shape index (κ1) is 19.0. The summed E-state index contributed by atoms with van der Waals surface area (Å²) in [6.45, 7) is 0.443. The predicted octanol–water partition coefficient (Wildman–Crippen LogP) is 4.18. The lowest BCUT2D eigenvalue weighted by molar-refractivity contribution is 0.0520. The lowest BCUT2D eigenvalue weighted by Crippen LogP contribution is -2.19. The number of amides is 1. The molecule has 0 bridgehead atoms. The molecule has 0 atom stereocenters. The smallest absolute Gasteiger partial charge is 0.317 e. The first-order valence-electron chi connectivity index (χ1n) is 7.89. The quantitative estimate of drug-likeness (QED) is 0.702. The number of carbonyl (C=O) groups excluding carboxylic acids is 1. The number of benzene rings is 1. The zero-order chi connectivity index (χ0) is 19.7. The summed E-state index contributed by atoms with van der Waals surface area (Å²) in [5.74, 6) is -1.22. The van der Waals surface area contributed by atoms with Crippen LogP contribution in [-0.2, 0) is 6.54 Å². The van der Waals surface area contributed by atoms with Crippen molar-refractivity contribution < 1.29 is 18.0 Å². The van der Waals surface area contributed by atoms with E-state index in [1.165, 1.54) is 22.9 Å². The van der Waals surface area contributed by atoms with E-state index in [-0.39, 0.29) is 22.8 Å². The number of nitrogens with one attached hydrogen (secondary N) is 1.